The minimum atomic E-state index is -0.225. The minimum Gasteiger partial charge on any atom is -0.464 e. The average molecular weight is 367 g/mol. The van der Waals surface area contributed by atoms with Gasteiger partial charge in [-0.1, -0.05) is 48.0 Å². The van der Waals surface area contributed by atoms with Gasteiger partial charge in [-0.3, -0.25) is 0 Å². The zero-order chi connectivity index (χ0) is 16.8. The summed E-state index contributed by atoms with van der Waals surface area (Å²) in [7, 11) is 0. The number of nitrogens with zero attached hydrogens (tertiary/aromatic N) is 2. The van der Waals surface area contributed by atoms with Crippen LogP contribution in [-0.2, 0) is 0 Å². The minimum absolute atomic E-state index is 0.143. The fourth-order valence-corrected chi connectivity index (χ4v) is 4.39. The number of benzene rings is 2. The number of hydrazone groups is 1. The van der Waals surface area contributed by atoms with Gasteiger partial charge in [0.25, 0.3) is 0 Å². The van der Waals surface area contributed by atoms with Gasteiger partial charge in [-0.2, -0.15) is 5.10 Å². The number of hydrogen-bond acceptors (Lipinski definition) is 4. The zero-order valence-electron chi connectivity index (χ0n) is 13.3. The quantitative estimate of drug-likeness (QED) is 0.586. The predicted octanol–water partition coefficient (Wildman–Crippen LogP) is 5.64. The van der Waals surface area contributed by atoms with Gasteiger partial charge in [-0.15, -0.1) is 11.3 Å². The van der Waals surface area contributed by atoms with Crippen LogP contribution in [0.3, 0.4) is 0 Å². The Morgan fingerprint density at radius 3 is 2.76 bits per heavy atom. The maximum Gasteiger partial charge on any atom is 0.213 e. The third-order valence-corrected chi connectivity index (χ3v) is 5.80. The Labute approximate surface area is 155 Å². The molecule has 1 aromatic heterocycles. The van der Waals surface area contributed by atoms with Crippen LogP contribution in [0.5, 0.6) is 5.75 Å². The predicted molar refractivity (Wildman–Crippen MR) is 101 cm³/mol. The number of hydrogen-bond donors (Lipinski definition) is 0. The molecule has 0 saturated carbocycles. The summed E-state index contributed by atoms with van der Waals surface area (Å²) < 4.78 is 6.32. The van der Waals surface area contributed by atoms with E-state index in [-0.39, 0.29) is 12.3 Å². The van der Waals surface area contributed by atoms with Gasteiger partial charge in [0, 0.05) is 22.6 Å². The number of halogens is 1. The van der Waals surface area contributed by atoms with Crippen molar-refractivity contribution in [3.8, 4) is 5.75 Å². The molecule has 2 atom stereocenters. The van der Waals surface area contributed by atoms with Crippen LogP contribution in [0.2, 0.25) is 5.02 Å². The van der Waals surface area contributed by atoms with Crippen LogP contribution in [0.4, 0.5) is 0 Å². The summed E-state index contributed by atoms with van der Waals surface area (Å²) in [5.74, 6) is 0.891. The van der Waals surface area contributed by atoms with Crippen molar-refractivity contribution in [1.29, 1.82) is 0 Å². The first-order chi connectivity index (χ1) is 12.3. The molecule has 3 heterocycles. The van der Waals surface area contributed by atoms with Crippen molar-refractivity contribution < 1.29 is 4.74 Å². The highest BCUT2D eigenvalue weighted by molar-refractivity contribution is 7.12. The second-order valence-corrected chi connectivity index (χ2v) is 7.57. The summed E-state index contributed by atoms with van der Waals surface area (Å²) >= 11 is 7.97. The van der Waals surface area contributed by atoms with Crippen molar-refractivity contribution in [3.63, 3.8) is 0 Å². The van der Waals surface area contributed by atoms with Gasteiger partial charge < -0.3 is 4.74 Å². The molecule has 2 aromatic carbocycles. The molecule has 25 heavy (non-hydrogen) atoms. The van der Waals surface area contributed by atoms with E-state index in [9.17, 15) is 0 Å². The van der Waals surface area contributed by atoms with Crippen molar-refractivity contribution in [2.24, 2.45) is 5.10 Å². The summed E-state index contributed by atoms with van der Waals surface area (Å²) in [4.78, 5) is 1.21. The molecular weight excluding hydrogens is 352 g/mol. The molecule has 0 fully saturated rings. The molecule has 0 radical (unpaired) electrons. The van der Waals surface area contributed by atoms with Crippen LogP contribution in [0.15, 0.2) is 71.1 Å². The SMILES string of the molecule is Clc1ccc2c(c1)[C@@H]1CC(c3cccs3)=NN1[C@@H](c1ccccc1)O2. The first-order valence-corrected chi connectivity index (χ1v) is 9.46. The summed E-state index contributed by atoms with van der Waals surface area (Å²) in [5.41, 5.74) is 3.32. The molecule has 2 aliphatic heterocycles. The lowest BCUT2D eigenvalue weighted by molar-refractivity contribution is -0.0190. The second-order valence-electron chi connectivity index (χ2n) is 6.19. The van der Waals surface area contributed by atoms with Gasteiger partial charge in [0.05, 0.1) is 16.6 Å². The lowest BCUT2D eigenvalue weighted by atomic mass is 9.97. The van der Waals surface area contributed by atoms with E-state index in [4.69, 9.17) is 21.4 Å². The highest BCUT2D eigenvalue weighted by atomic mass is 35.5. The number of rotatable bonds is 2. The van der Waals surface area contributed by atoms with E-state index in [1.54, 1.807) is 11.3 Å². The largest absolute Gasteiger partial charge is 0.464 e. The molecular formula is C20H15ClN2OS. The second kappa shape index (κ2) is 5.90. The normalized spacial score (nSPS) is 21.3. The maximum atomic E-state index is 6.32. The van der Waals surface area contributed by atoms with Crippen LogP contribution in [0, 0.1) is 0 Å². The Morgan fingerprint density at radius 1 is 1.08 bits per heavy atom. The van der Waals surface area contributed by atoms with Gasteiger partial charge in [0.1, 0.15) is 5.75 Å². The molecule has 3 aromatic rings. The van der Waals surface area contributed by atoms with E-state index >= 15 is 0 Å². The summed E-state index contributed by atoms with van der Waals surface area (Å²) in [6.07, 6.45) is 0.637. The fraction of sp³-hybridized carbons (Fsp3) is 0.150. The third-order valence-electron chi connectivity index (χ3n) is 4.64. The smallest absolute Gasteiger partial charge is 0.213 e. The summed E-state index contributed by atoms with van der Waals surface area (Å²) in [6.45, 7) is 0. The maximum absolute atomic E-state index is 6.32. The first-order valence-electron chi connectivity index (χ1n) is 8.20. The Hall–Kier alpha value is -2.30. The Balaban J connectivity index is 1.62. The van der Waals surface area contributed by atoms with Gasteiger partial charge in [-0.25, -0.2) is 5.01 Å². The lowest BCUT2D eigenvalue weighted by Gasteiger charge is -2.38. The third kappa shape index (κ3) is 2.53. The lowest BCUT2D eigenvalue weighted by Crippen LogP contribution is -2.33. The van der Waals surface area contributed by atoms with Crippen molar-refractivity contribution in [3.05, 3.63) is 87.1 Å². The van der Waals surface area contributed by atoms with Crippen molar-refractivity contribution in [2.45, 2.75) is 18.7 Å². The van der Waals surface area contributed by atoms with E-state index in [1.807, 2.05) is 36.4 Å². The van der Waals surface area contributed by atoms with Crippen LogP contribution < -0.4 is 4.74 Å². The molecule has 0 aliphatic carbocycles. The van der Waals surface area contributed by atoms with E-state index in [0.29, 0.717) is 0 Å². The van der Waals surface area contributed by atoms with Gasteiger partial charge >= 0.3 is 0 Å². The molecule has 0 unspecified atom stereocenters. The highest BCUT2D eigenvalue weighted by Gasteiger charge is 2.41. The van der Waals surface area contributed by atoms with E-state index in [2.05, 4.69) is 34.7 Å². The molecule has 3 nitrogen and oxygen atoms in total. The zero-order valence-corrected chi connectivity index (χ0v) is 14.9. The van der Waals surface area contributed by atoms with Crippen molar-refractivity contribution >= 4 is 28.6 Å². The van der Waals surface area contributed by atoms with Crippen LogP contribution in [-0.4, -0.2) is 10.7 Å². The van der Waals surface area contributed by atoms with E-state index in [1.165, 1.54) is 4.88 Å². The molecule has 0 bridgehead atoms. The number of fused-ring (bicyclic) bond motifs is 3. The van der Waals surface area contributed by atoms with E-state index < -0.39 is 0 Å². The standard InChI is InChI=1S/C20H15ClN2OS/c21-14-8-9-18-15(11-14)17-12-16(19-7-4-10-25-19)22-23(17)20(24-18)13-5-2-1-3-6-13/h1-11,17,20H,12H2/t17-,20+/m0/s1. The van der Waals surface area contributed by atoms with Crippen LogP contribution in [0.25, 0.3) is 0 Å². The monoisotopic (exact) mass is 366 g/mol. The van der Waals surface area contributed by atoms with Crippen molar-refractivity contribution in [2.75, 3.05) is 0 Å². The van der Waals surface area contributed by atoms with Crippen molar-refractivity contribution in [1.82, 2.24) is 5.01 Å². The van der Waals surface area contributed by atoms with Gasteiger partial charge in [0.2, 0.25) is 6.23 Å². The highest BCUT2D eigenvalue weighted by Crippen LogP contribution is 2.48. The topological polar surface area (TPSA) is 24.8 Å². The first kappa shape index (κ1) is 15.0. The number of ether oxygens (including phenoxy) is 1. The van der Waals surface area contributed by atoms with Gasteiger partial charge in [0.15, 0.2) is 0 Å². The van der Waals surface area contributed by atoms with Crippen LogP contribution in [0.1, 0.15) is 34.7 Å². The molecule has 5 rings (SSSR count). The molecule has 0 saturated heterocycles. The Morgan fingerprint density at radius 2 is 1.96 bits per heavy atom. The summed E-state index contributed by atoms with van der Waals surface area (Å²) in [5, 5.41) is 9.83. The van der Waals surface area contributed by atoms with E-state index in [0.717, 1.165) is 34.0 Å². The molecule has 124 valence electrons. The Kier molecular flexibility index (Phi) is 3.54. The molecule has 0 spiro atoms. The average Bonchev–Trinajstić information content (AvgIpc) is 3.31. The van der Waals surface area contributed by atoms with Crippen LogP contribution >= 0.6 is 22.9 Å². The fourth-order valence-electron chi connectivity index (χ4n) is 3.49. The molecule has 5 heteroatoms. The van der Waals surface area contributed by atoms with Gasteiger partial charge in [-0.05, 0) is 29.6 Å². The number of thiophene rings is 1. The Bertz CT molecular complexity index is 940. The molecule has 0 amide bonds. The molecule has 0 N–H and O–H groups in total. The summed E-state index contributed by atoms with van der Waals surface area (Å²) in [6, 6.07) is 20.4. The molecule has 2 aliphatic rings.